The van der Waals surface area contributed by atoms with Crippen LogP contribution in [0.2, 0.25) is 0 Å². The molecule has 6 nitrogen and oxygen atoms in total. The van der Waals surface area contributed by atoms with Crippen LogP contribution in [0, 0.1) is 5.92 Å². The van der Waals surface area contributed by atoms with E-state index in [9.17, 15) is 14.7 Å². The molecule has 2 saturated carbocycles. The number of nitrogens with one attached hydrogen (secondary N) is 1. The van der Waals surface area contributed by atoms with Crippen molar-refractivity contribution < 1.29 is 14.7 Å². The summed E-state index contributed by atoms with van der Waals surface area (Å²) in [6, 6.07) is 2.05. The van der Waals surface area contributed by atoms with Gasteiger partial charge in [-0.05, 0) is 44.6 Å². The topological polar surface area (TPSA) is 84.2 Å². The highest BCUT2D eigenvalue weighted by Gasteiger charge is 2.48. The van der Waals surface area contributed by atoms with E-state index in [4.69, 9.17) is 0 Å². The molecule has 3 rings (SSSR count). The van der Waals surface area contributed by atoms with Gasteiger partial charge in [-0.1, -0.05) is 12.8 Å². The highest BCUT2D eigenvalue weighted by Crippen LogP contribution is 2.39. The molecular formula is C15H21N3O3. The van der Waals surface area contributed by atoms with E-state index < -0.39 is 17.4 Å². The molecule has 1 unspecified atom stereocenters. The van der Waals surface area contributed by atoms with Crippen molar-refractivity contribution in [3.63, 3.8) is 0 Å². The molecule has 1 aromatic rings. The molecule has 2 N–H and O–H groups in total. The summed E-state index contributed by atoms with van der Waals surface area (Å²) in [5.74, 6) is -1.35. The first-order chi connectivity index (χ1) is 10.0. The van der Waals surface area contributed by atoms with E-state index in [0.717, 1.165) is 25.7 Å². The Morgan fingerprint density at radius 2 is 2.00 bits per heavy atom. The summed E-state index contributed by atoms with van der Waals surface area (Å²) in [4.78, 5) is 23.7. The summed E-state index contributed by atoms with van der Waals surface area (Å²) in [5.41, 5.74) is -0.885. The van der Waals surface area contributed by atoms with E-state index in [-0.39, 0.29) is 5.92 Å². The van der Waals surface area contributed by atoms with Crippen LogP contribution < -0.4 is 5.32 Å². The Balaban J connectivity index is 1.71. The molecule has 2 aliphatic carbocycles. The molecular weight excluding hydrogens is 270 g/mol. The van der Waals surface area contributed by atoms with Crippen LogP contribution in [-0.4, -0.2) is 32.3 Å². The SMILES string of the molecule is CC(NC(=O)c1ccn(C2CCCC2)n1)(C(=O)O)C1CC1. The Bertz CT molecular complexity index is 558. The van der Waals surface area contributed by atoms with E-state index in [1.807, 2.05) is 10.9 Å². The maximum absolute atomic E-state index is 12.3. The smallest absolute Gasteiger partial charge is 0.329 e. The number of carbonyl (C=O) groups excluding carboxylic acids is 1. The second-order valence-electron chi connectivity index (χ2n) is 6.36. The van der Waals surface area contributed by atoms with E-state index in [0.29, 0.717) is 11.7 Å². The third-order valence-corrected chi connectivity index (χ3v) is 4.75. The zero-order valence-electron chi connectivity index (χ0n) is 12.2. The molecule has 1 amide bonds. The number of carboxylic acids is 1. The van der Waals surface area contributed by atoms with E-state index >= 15 is 0 Å². The van der Waals surface area contributed by atoms with Crippen molar-refractivity contribution in [2.24, 2.45) is 5.92 Å². The fourth-order valence-electron chi connectivity index (χ4n) is 3.12. The summed E-state index contributed by atoms with van der Waals surface area (Å²) in [6.45, 7) is 1.58. The summed E-state index contributed by atoms with van der Waals surface area (Å²) in [7, 11) is 0. The van der Waals surface area contributed by atoms with Crippen LogP contribution in [0.25, 0.3) is 0 Å². The number of amides is 1. The van der Waals surface area contributed by atoms with Gasteiger partial charge in [0.25, 0.3) is 5.91 Å². The third kappa shape index (κ3) is 2.66. The van der Waals surface area contributed by atoms with E-state index in [1.54, 1.807) is 13.0 Å². The monoisotopic (exact) mass is 291 g/mol. The summed E-state index contributed by atoms with van der Waals surface area (Å²) < 4.78 is 1.84. The minimum Gasteiger partial charge on any atom is -0.480 e. The van der Waals surface area contributed by atoms with E-state index in [1.165, 1.54) is 12.8 Å². The van der Waals surface area contributed by atoms with Gasteiger partial charge in [-0.25, -0.2) is 4.79 Å². The number of carboxylic acid groups (broad SMARTS) is 1. The lowest BCUT2D eigenvalue weighted by Gasteiger charge is -2.25. The van der Waals surface area contributed by atoms with Gasteiger partial charge in [-0.15, -0.1) is 0 Å². The maximum atomic E-state index is 12.3. The Kier molecular flexibility index (Phi) is 3.47. The van der Waals surface area contributed by atoms with Gasteiger partial charge in [0.15, 0.2) is 0 Å². The minimum absolute atomic E-state index is 0.0240. The Morgan fingerprint density at radius 1 is 1.33 bits per heavy atom. The van der Waals surface area contributed by atoms with Crippen LogP contribution in [0.5, 0.6) is 0 Å². The van der Waals surface area contributed by atoms with Crippen LogP contribution in [0.3, 0.4) is 0 Å². The van der Waals surface area contributed by atoms with Crippen LogP contribution in [0.4, 0.5) is 0 Å². The Morgan fingerprint density at radius 3 is 2.57 bits per heavy atom. The third-order valence-electron chi connectivity index (χ3n) is 4.75. The number of aliphatic carboxylic acids is 1. The van der Waals surface area contributed by atoms with Gasteiger partial charge in [-0.3, -0.25) is 9.48 Å². The van der Waals surface area contributed by atoms with Crippen molar-refractivity contribution in [3.05, 3.63) is 18.0 Å². The number of nitrogens with zero attached hydrogens (tertiary/aromatic N) is 2. The second-order valence-corrected chi connectivity index (χ2v) is 6.36. The fourth-order valence-corrected chi connectivity index (χ4v) is 3.12. The first-order valence-electron chi connectivity index (χ1n) is 7.62. The highest BCUT2D eigenvalue weighted by molar-refractivity contribution is 5.96. The van der Waals surface area contributed by atoms with Crippen LogP contribution >= 0.6 is 0 Å². The van der Waals surface area contributed by atoms with E-state index in [2.05, 4.69) is 10.4 Å². The zero-order valence-corrected chi connectivity index (χ0v) is 12.2. The van der Waals surface area contributed by atoms with Gasteiger partial charge in [0, 0.05) is 6.20 Å². The fraction of sp³-hybridized carbons (Fsp3) is 0.667. The Labute approximate surface area is 123 Å². The average Bonchev–Trinajstić information content (AvgIpc) is 2.97. The number of rotatable bonds is 5. The maximum Gasteiger partial charge on any atom is 0.329 e. The highest BCUT2D eigenvalue weighted by atomic mass is 16.4. The molecule has 0 aromatic carbocycles. The van der Waals surface area contributed by atoms with Crippen molar-refractivity contribution in [3.8, 4) is 0 Å². The minimum atomic E-state index is -1.19. The first-order valence-corrected chi connectivity index (χ1v) is 7.62. The van der Waals surface area contributed by atoms with Crippen molar-refractivity contribution in [1.82, 2.24) is 15.1 Å². The predicted molar refractivity (Wildman–Crippen MR) is 76.0 cm³/mol. The van der Waals surface area contributed by atoms with Crippen molar-refractivity contribution in [1.29, 1.82) is 0 Å². The number of hydrogen-bond acceptors (Lipinski definition) is 3. The molecule has 114 valence electrons. The number of hydrogen-bond donors (Lipinski definition) is 2. The molecule has 0 saturated heterocycles. The lowest BCUT2D eigenvalue weighted by molar-refractivity contribution is -0.144. The second kappa shape index (κ2) is 5.16. The van der Waals surface area contributed by atoms with Gasteiger partial charge in [0.1, 0.15) is 11.2 Å². The lowest BCUT2D eigenvalue weighted by atomic mass is 9.96. The molecule has 1 heterocycles. The first kappa shape index (κ1) is 14.1. The molecule has 1 aromatic heterocycles. The quantitative estimate of drug-likeness (QED) is 0.868. The summed E-state index contributed by atoms with van der Waals surface area (Å²) in [5, 5.41) is 16.4. The van der Waals surface area contributed by atoms with Gasteiger partial charge in [0.2, 0.25) is 0 Å². The number of aromatic nitrogens is 2. The van der Waals surface area contributed by atoms with Crippen molar-refractivity contribution >= 4 is 11.9 Å². The predicted octanol–water partition coefficient (Wildman–Crippen LogP) is 1.98. The van der Waals surface area contributed by atoms with Crippen LogP contribution in [0.15, 0.2) is 12.3 Å². The molecule has 2 aliphatic rings. The molecule has 21 heavy (non-hydrogen) atoms. The zero-order chi connectivity index (χ0) is 15.0. The molecule has 0 radical (unpaired) electrons. The summed E-state index contributed by atoms with van der Waals surface area (Å²) in [6.07, 6.45) is 8.10. The summed E-state index contributed by atoms with van der Waals surface area (Å²) >= 11 is 0. The molecule has 2 fully saturated rings. The Hall–Kier alpha value is -1.85. The van der Waals surface area contributed by atoms with Gasteiger partial charge >= 0.3 is 5.97 Å². The normalized spacial score (nSPS) is 22.0. The number of carbonyl (C=O) groups is 2. The molecule has 1 atom stereocenters. The molecule has 0 aliphatic heterocycles. The largest absolute Gasteiger partial charge is 0.480 e. The lowest BCUT2D eigenvalue weighted by Crippen LogP contribution is -2.54. The molecule has 6 heteroatoms. The standard InChI is InChI=1S/C15H21N3O3/c1-15(14(20)21,10-6-7-10)16-13(19)12-8-9-18(17-12)11-4-2-3-5-11/h8-11H,2-7H2,1H3,(H,16,19)(H,20,21). The van der Waals surface area contributed by atoms with Gasteiger partial charge in [0.05, 0.1) is 6.04 Å². The molecule has 0 bridgehead atoms. The van der Waals surface area contributed by atoms with Gasteiger partial charge < -0.3 is 10.4 Å². The van der Waals surface area contributed by atoms with Crippen LogP contribution in [0.1, 0.15) is 62.0 Å². The van der Waals surface area contributed by atoms with Crippen LogP contribution in [-0.2, 0) is 4.79 Å². The molecule has 0 spiro atoms. The average molecular weight is 291 g/mol. The van der Waals surface area contributed by atoms with Crippen molar-refractivity contribution in [2.75, 3.05) is 0 Å². The van der Waals surface area contributed by atoms with Crippen molar-refractivity contribution in [2.45, 2.75) is 57.0 Å². The van der Waals surface area contributed by atoms with Gasteiger partial charge in [-0.2, -0.15) is 5.10 Å².